The van der Waals surface area contributed by atoms with Gasteiger partial charge in [-0.15, -0.1) is 0 Å². The van der Waals surface area contributed by atoms with E-state index in [1.165, 1.54) is 6.07 Å². The number of carbonyl (C=O) groups is 1. The molecule has 2 aromatic rings. The summed E-state index contributed by atoms with van der Waals surface area (Å²) in [5.41, 5.74) is 0.198. The Bertz CT molecular complexity index is 773. The molecule has 0 spiro atoms. The van der Waals surface area contributed by atoms with Crippen molar-refractivity contribution in [1.82, 2.24) is 4.98 Å². The minimum atomic E-state index is -1.29. The van der Waals surface area contributed by atoms with Gasteiger partial charge < -0.3 is 5.11 Å². The molecule has 0 saturated carbocycles. The van der Waals surface area contributed by atoms with Gasteiger partial charge in [-0.3, -0.25) is 0 Å². The Labute approximate surface area is 127 Å². The zero-order chi connectivity index (χ0) is 16.1. The van der Waals surface area contributed by atoms with E-state index in [1.807, 2.05) is 13.8 Å². The van der Waals surface area contributed by atoms with Gasteiger partial charge in [-0.2, -0.15) is 0 Å². The van der Waals surface area contributed by atoms with Crippen LogP contribution >= 0.6 is 0 Å². The number of hydrogen-bond acceptors (Lipinski definition) is 2. The fourth-order valence-electron chi connectivity index (χ4n) is 3.04. The molecule has 1 aliphatic carbocycles. The van der Waals surface area contributed by atoms with Crippen LogP contribution in [-0.4, -0.2) is 21.7 Å². The summed E-state index contributed by atoms with van der Waals surface area (Å²) in [6.45, 7) is 3.70. The lowest BCUT2D eigenvalue weighted by atomic mass is 9.77. The summed E-state index contributed by atoms with van der Waals surface area (Å²) in [6, 6.07) is 4.04. The lowest BCUT2D eigenvalue weighted by Crippen LogP contribution is -2.36. The van der Waals surface area contributed by atoms with Crippen LogP contribution in [0.25, 0.3) is 10.9 Å². The molecule has 0 amide bonds. The minimum absolute atomic E-state index is 0.113. The third kappa shape index (κ3) is 2.34. The zero-order valence-electron chi connectivity index (χ0n) is 12.5. The van der Waals surface area contributed by atoms with Crippen LogP contribution in [0.5, 0.6) is 0 Å². The van der Waals surface area contributed by atoms with Gasteiger partial charge in [0.2, 0.25) is 0 Å². The first-order valence-corrected chi connectivity index (χ1v) is 7.34. The van der Waals surface area contributed by atoms with E-state index in [2.05, 4.69) is 4.98 Å². The van der Waals surface area contributed by atoms with E-state index in [4.69, 9.17) is 5.11 Å². The van der Waals surface area contributed by atoms with Crippen molar-refractivity contribution in [1.29, 1.82) is 0 Å². The van der Waals surface area contributed by atoms with Crippen LogP contribution < -0.4 is 0 Å². The first-order valence-electron chi connectivity index (χ1n) is 7.34. The van der Waals surface area contributed by atoms with E-state index in [-0.39, 0.29) is 23.4 Å². The van der Waals surface area contributed by atoms with E-state index in [9.17, 15) is 13.6 Å². The molecule has 0 bridgehead atoms. The quantitative estimate of drug-likeness (QED) is 0.914. The maximum Gasteiger partial charge on any atom is 0.335 e. The van der Waals surface area contributed by atoms with E-state index in [0.29, 0.717) is 23.9 Å². The first kappa shape index (κ1) is 14.9. The van der Waals surface area contributed by atoms with Gasteiger partial charge in [0.05, 0.1) is 5.56 Å². The van der Waals surface area contributed by atoms with Gasteiger partial charge in [0.15, 0.2) is 0 Å². The number of benzene rings is 1. The van der Waals surface area contributed by atoms with Crippen molar-refractivity contribution in [3.63, 3.8) is 0 Å². The van der Waals surface area contributed by atoms with Crippen molar-refractivity contribution in [2.75, 3.05) is 0 Å². The molecule has 1 N–H and O–H groups in total. The second-order valence-electron chi connectivity index (χ2n) is 6.30. The molecular weight excluding hydrogens is 288 g/mol. The normalized spacial score (nSPS) is 21.1. The van der Waals surface area contributed by atoms with Crippen LogP contribution in [0.2, 0.25) is 0 Å². The molecule has 0 saturated heterocycles. The predicted octanol–water partition coefficient (Wildman–Crippen LogP) is 3.93. The summed E-state index contributed by atoms with van der Waals surface area (Å²) >= 11 is 0. The molecule has 22 heavy (non-hydrogen) atoms. The third-order valence-corrected chi connectivity index (χ3v) is 4.58. The number of nitrogens with zero attached hydrogens (tertiary/aromatic N) is 1. The van der Waals surface area contributed by atoms with Crippen molar-refractivity contribution in [3.8, 4) is 0 Å². The Kier molecular flexibility index (Phi) is 3.38. The molecule has 1 aromatic carbocycles. The number of pyridine rings is 1. The third-order valence-electron chi connectivity index (χ3n) is 4.58. The molecule has 0 unspecified atom stereocenters. The topological polar surface area (TPSA) is 50.2 Å². The molecule has 3 nitrogen and oxygen atoms in total. The summed E-state index contributed by atoms with van der Waals surface area (Å²) in [6.07, 6.45) is 1.09. The lowest BCUT2D eigenvalue weighted by Gasteiger charge is -2.34. The number of aryl methyl sites for hydroxylation is 1. The molecule has 0 fully saturated rings. The lowest BCUT2D eigenvalue weighted by molar-refractivity contribution is 0.0696. The molecule has 1 aliphatic rings. The number of hydrogen-bond donors (Lipinski definition) is 1. The predicted molar refractivity (Wildman–Crippen MR) is 79.4 cm³/mol. The SMILES string of the molecule is CC(C)[C@]1(F)CCc2nc3c(F)cc(C(=O)O)cc3cc2C1. The minimum Gasteiger partial charge on any atom is -0.478 e. The highest BCUT2D eigenvalue weighted by atomic mass is 19.1. The van der Waals surface area contributed by atoms with Crippen LogP contribution in [0, 0.1) is 11.7 Å². The Morgan fingerprint density at radius 1 is 1.36 bits per heavy atom. The van der Waals surface area contributed by atoms with Crippen molar-refractivity contribution >= 4 is 16.9 Å². The van der Waals surface area contributed by atoms with E-state index < -0.39 is 17.5 Å². The molecule has 5 heteroatoms. The van der Waals surface area contributed by atoms with Crippen molar-refractivity contribution in [3.05, 3.63) is 40.8 Å². The van der Waals surface area contributed by atoms with Crippen LogP contribution in [0.1, 0.15) is 41.9 Å². The maximum absolute atomic E-state index is 14.9. The number of alkyl halides is 1. The average molecular weight is 305 g/mol. The van der Waals surface area contributed by atoms with Crippen LogP contribution in [0.15, 0.2) is 18.2 Å². The van der Waals surface area contributed by atoms with Gasteiger partial charge in [0, 0.05) is 17.5 Å². The summed E-state index contributed by atoms with van der Waals surface area (Å²) in [7, 11) is 0. The summed E-state index contributed by atoms with van der Waals surface area (Å²) in [5.74, 6) is -1.96. The van der Waals surface area contributed by atoms with E-state index in [0.717, 1.165) is 11.6 Å². The van der Waals surface area contributed by atoms with Gasteiger partial charge in [-0.25, -0.2) is 18.6 Å². The average Bonchev–Trinajstić information content (AvgIpc) is 2.45. The highest BCUT2D eigenvalue weighted by Gasteiger charge is 2.38. The Hall–Kier alpha value is -2.04. The highest BCUT2D eigenvalue weighted by molar-refractivity contribution is 5.93. The largest absolute Gasteiger partial charge is 0.478 e. The summed E-state index contributed by atoms with van der Waals surface area (Å²) in [4.78, 5) is 15.3. The second kappa shape index (κ2) is 5.00. The number of aromatic carboxylic acids is 1. The monoisotopic (exact) mass is 305 g/mol. The number of rotatable bonds is 2. The van der Waals surface area contributed by atoms with Crippen LogP contribution in [0.3, 0.4) is 0 Å². The van der Waals surface area contributed by atoms with Crippen molar-refractivity contribution in [2.45, 2.75) is 38.8 Å². The van der Waals surface area contributed by atoms with E-state index in [1.54, 1.807) is 6.07 Å². The molecule has 0 radical (unpaired) electrons. The van der Waals surface area contributed by atoms with Crippen molar-refractivity contribution < 1.29 is 18.7 Å². The summed E-state index contributed by atoms with van der Waals surface area (Å²) < 4.78 is 28.9. The van der Waals surface area contributed by atoms with Gasteiger partial charge in [0.25, 0.3) is 0 Å². The molecule has 1 heterocycles. The molecular formula is C17H17F2NO2. The van der Waals surface area contributed by atoms with Gasteiger partial charge >= 0.3 is 5.97 Å². The Morgan fingerprint density at radius 3 is 2.73 bits per heavy atom. The van der Waals surface area contributed by atoms with Crippen molar-refractivity contribution in [2.24, 2.45) is 5.92 Å². The van der Waals surface area contributed by atoms with Crippen LogP contribution in [-0.2, 0) is 12.8 Å². The molecule has 3 rings (SSSR count). The Balaban J connectivity index is 2.15. The maximum atomic E-state index is 14.9. The fraction of sp³-hybridized carbons (Fsp3) is 0.412. The highest BCUT2D eigenvalue weighted by Crippen LogP contribution is 2.37. The van der Waals surface area contributed by atoms with Gasteiger partial charge in [-0.1, -0.05) is 13.8 Å². The number of carboxylic acid groups (broad SMARTS) is 1. The van der Waals surface area contributed by atoms with E-state index >= 15 is 0 Å². The number of carboxylic acids is 1. The molecule has 1 aromatic heterocycles. The molecule has 0 aliphatic heterocycles. The fourth-order valence-corrected chi connectivity index (χ4v) is 3.04. The number of fused-ring (bicyclic) bond motifs is 2. The smallest absolute Gasteiger partial charge is 0.335 e. The molecule has 116 valence electrons. The number of halogens is 2. The van der Waals surface area contributed by atoms with Crippen LogP contribution in [0.4, 0.5) is 8.78 Å². The molecule has 1 atom stereocenters. The summed E-state index contributed by atoms with van der Waals surface area (Å²) in [5, 5.41) is 9.42. The second-order valence-corrected chi connectivity index (χ2v) is 6.30. The zero-order valence-corrected chi connectivity index (χ0v) is 12.5. The number of aromatic nitrogens is 1. The first-order chi connectivity index (χ1) is 10.3. The Morgan fingerprint density at radius 2 is 2.09 bits per heavy atom. The van der Waals surface area contributed by atoms with Gasteiger partial charge in [-0.05, 0) is 42.5 Å². The standard InChI is InChI=1S/C17H17F2NO2/c1-9(2)17(19)4-3-14-12(8-17)6-10-5-11(16(21)22)7-13(18)15(10)20-14/h5-7,9H,3-4,8H2,1-2H3,(H,21,22)/t17-/m0/s1. The van der Waals surface area contributed by atoms with Gasteiger partial charge in [0.1, 0.15) is 17.0 Å².